The fraction of sp³-hybridized carbons (Fsp3) is 0.0952. The number of benzene rings is 2. The maximum absolute atomic E-state index is 12.3. The first-order valence-electron chi connectivity index (χ1n) is 9.11. The zero-order valence-corrected chi connectivity index (χ0v) is 15.9. The summed E-state index contributed by atoms with van der Waals surface area (Å²) in [4.78, 5) is 16.4. The Bertz CT molecular complexity index is 1220. The van der Waals surface area contributed by atoms with Gasteiger partial charge in [0.05, 0.1) is 6.42 Å². The maximum atomic E-state index is 12.3. The predicted octanol–water partition coefficient (Wildman–Crippen LogP) is 4.06. The molecular formula is C21H16F3N5O2. The molecule has 0 aliphatic heterocycles. The molecule has 2 aromatic carbocycles. The lowest BCUT2D eigenvalue weighted by Crippen LogP contribution is -2.17. The van der Waals surface area contributed by atoms with Crippen LogP contribution in [0.4, 0.5) is 24.7 Å². The summed E-state index contributed by atoms with van der Waals surface area (Å²) in [5.74, 6) is -0.197. The zero-order valence-electron chi connectivity index (χ0n) is 15.9. The SMILES string of the molecule is Nc1cc(-c2ccc(CC(=O)Nc3ccc(OC(F)(F)F)cc3)cc2)cc2ncnn12. The second kappa shape index (κ2) is 7.98. The largest absolute Gasteiger partial charge is 0.573 e. The molecule has 7 nitrogen and oxygen atoms in total. The lowest BCUT2D eigenvalue weighted by Gasteiger charge is -2.10. The highest BCUT2D eigenvalue weighted by atomic mass is 19.4. The van der Waals surface area contributed by atoms with Gasteiger partial charge in [0.15, 0.2) is 5.65 Å². The van der Waals surface area contributed by atoms with E-state index in [9.17, 15) is 18.0 Å². The van der Waals surface area contributed by atoms with Crippen LogP contribution in [0.15, 0.2) is 67.0 Å². The molecule has 0 atom stereocenters. The molecule has 4 rings (SSSR count). The van der Waals surface area contributed by atoms with Crippen LogP contribution in [0.2, 0.25) is 0 Å². The Morgan fingerprint density at radius 2 is 1.74 bits per heavy atom. The number of nitrogens with one attached hydrogen (secondary N) is 1. The van der Waals surface area contributed by atoms with Crippen LogP contribution < -0.4 is 15.8 Å². The van der Waals surface area contributed by atoms with Gasteiger partial charge in [0.1, 0.15) is 17.9 Å². The minimum atomic E-state index is -4.76. The highest BCUT2D eigenvalue weighted by Crippen LogP contribution is 2.25. The molecule has 0 radical (unpaired) electrons. The van der Waals surface area contributed by atoms with Gasteiger partial charge in [0, 0.05) is 5.69 Å². The van der Waals surface area contributed by atoms with Crippen molar-refractivity contribution >= 4 is 23.1 Å². The number of nitrogen functional groups attached to an aromatic ring is 1. The normalized spacial score (nSPS) is 11.5. The summed E-state index contributed by atoms with van der Waals surface area (Å²) >= 11 is 0. The number of ether oxygens (including phenoxy) is 1. The van der Waals surface area contributed by atoms with E-state index in [0.717, 1.165) is 28.8 Å². The number of anilines is 2. The topological polar surface area (TPSA) is 94.5 Å². The van der Waals surface area contributed by atoms with Crippen molar-refractivity contribution < 1.29 is 22.7 Å². The molecule has 0 aliphatic rings. The molecule has 3 N–H and O–H groups in total. The Hall–Kier alpha value is -4.08. The van der Waals surface area contributed by atoms with Crippen molar-refractivity contribution in [1.29, 1.82) is 0 Å². The molecule has 0 fully saturated rings. The van der Waals surface area contributed by atoms with Gasteiger partial charge in [-0.1, -0.05) is 24.3 Å². The number of nitrogens with two attached hydrogens (primary N) is 1. The first-order valence-corrected chi connectivity index (χ1v) is 9.11. The van der Waals surface area contributed by atoms with Crippen molar-refractivity contribution in [3.05, 3.63) is 72.6 Å². The number of fused-ring (bicyclic) bond motifs is 1. The molecule has 0 saturated heterocycles. The molecule has 4 aromatic rings. The second-order valence-corrected chi connectivity index (χ2v) is 6.69. The van der Waals surface area contributed by atoms with Gasteiger partial charge in [0.25, 0.3) is 0 Å². The van der Waals surface area contributed by atoms with Crippen LogP contribution in [0.3, 0.4) is 0 Å². The molecule has 158 valence electrons. The van der Waals surface area contributed by atoms with Crippen molar-refractivity contribution in [2.45, 2.75) is 12.8 Å². The van der Waals surface area contributed by atoms with E-state index in [1.807, 2.05) is 30.3 Å². The van der Waals surface area contributed by atoms with E-state index < -0.39 is 6.36 Å². The average molecular weight is 427 g/mol. The van der Waals surface area contributed by atoms with Gasteiger partial charge in [-0.25, -0.2) is 4.98 Å². The quantitative estimate of drug-likeness (QED) is 0.501. The molecular weight excluding hydrogens is 411 g/mol. The monoisotopic (exact) mass is 427 g/mol. The van der Waals surface area contributed by atoms with Crippen LogP contribution in [0.25, 0.3) is 16.8 Å². The summed E-state index contributed by atoms with van der Waals surface area (Å²) in [6.07, 6.45) is -3.23. The van der Waals surface area contributed by atoms with Crippen LogP contribution in [-0.2, 0) is 11.2 Å². The molecule has 0 aliphatic carbocycles. The van der Waals surface area contributed by atoms with Gasteiger partial charge < -0.3 is 15.8 Å². The highest BCUT2D eigenvalue weighted by molar-refractivity contribution is 5.92. The Balaban J connectivity index is 1.40. The van der Waals surface area contributed by atoms with E-state index in [4.69, 9.17) is 5.73 Å². The summed E-state index contributed by atoms with van der Waals surface area (Å²) in [5, 5.41) is 6.67. The van der Waals surface area contributed by atoms with Crippen molar-refractivity contribution in [2.75, 3.05) is 11.1 Å². The van der Waals surface area contributed by atoms with Gasteiger partial charge in [-0.05, 0) is 53.1 Å². The molecule has 0 unspecified atom stereocenters. The number of nitrogens with zero attached hydrogens (tertiary/aromatic N) is 3. The minimum absolute atomic E-state index is 0.104. The van der Waals surface area contributed by atoms with Crippen LogP contribution in [0.5, 0.6) is 5.75 Å². The van der Waals surface area contributed by atoms with Crippen LogP contribution in [0.1, 0.15) is 5.56 Å². The first kappa shape index (κ1) is 20.2. The van der Waals surface area contributed by atoms with Gasteiger partial charge in [0.2, 0.25) is 5.91 Å². The van der Waals surface area contributed by atoms with E-state index in [0.29, 0.717) is 17.2 Å². The summed E-state index contributed by atoms with van der Waals surface area (Å²) in [6.45, 7) is 0. The third-order valence-electron chi connectivity index (χ3n) is 4.43. The summed E-state index contributed by atoms with van der Waals surface area (Å²) in [5.41, 5.74) is 9.54. The fourth-order valence-electron chi connectivity index (χ4n) is 3.06. The fourth-order valence-corrected chi connectivity index (χ4v) is 3.06. The molecule has 2 heterocycles. The molecule has 0 spiro atoms. The van der Waals surface area contributed by atoms with Crippen LogP contribution >= 0.6 is 0 Å². The minimum Gasteiger partial charge on any atom is -0.406 e. The number of aromatic nitrogens is 3. The van der Waals surface area contributed by atoms with E-state index >= 15 is 0 Å². The third kappa shape index (κ3) is 4.92. The average Bonchev–Trinajstić information content (AvgIpc) is 3.18. The van der Waals surface area contributed by atoms with E-state index in [-0.39, 0.29) is 18.1 Å². The summed E-state index contributed by atoms with van der Waals surface area (Å²) < 4.78 is 41.9. The van der Waals surface area contributed by atoms with E-state index in [1.165, 1.54) is 23.0 Å². The van der Waals surface area contributed by atoms with Gasteiger partial charge in [-0.15, -0.1) is 13.2 Å². The molecule has 0 saturated carbocycles. The maximum Gasteiger partial charge on any atom is 0.573 e. The number of carbonyl (C=O) groups is 1. The summed E-state index contributed by atoms with van der Waals surface area (Å²) in [6, 6.07) is 16.0. The number of hydrogen-bond acceptors (Lipinski definition) is 5. The van der Waals surface area contributed by atoms with Crippen LogP contribution in [-0.4, -0.2) is 26.9 Å². The number of alkyl halides is 3. The second-order valence-electron chi connectivity index (χ2n) is 6.69. The van der Waals surface area contributed by atoms with Crippen LogP contribution in [0, 0.1) is 0 Å². The van der Waals surface area contributed by atoms with Gasteiger partial charge >= 0.3 is 6.36 Å². The van der Waals surface area contributed by atoms with Crippen molar-refractivity contribution in [3.8, 4) is 16.9 Å². The highest BCUT2D eigenvalue weighted by Gasteiger charge is 2.30. The zero-order chi connectivity index (χ0) is 22.0. The lowest BCUT2D eigenvalue weighted by molar-refractivity contribution is -0.274. The number of pyridine rings is 1. The first-order chi connectivity index (χ1) is 14.8. The van der Waals surface area contributed by atoms with Gasteiger partial charge in [-0.2, -0.15) is 9.61 Å². The number of halogens is 3. The summed E-state index contributed by atoms with van der Waals surface area (Å²) in [7, 11) is 0. The molecule has 10 heteroatoms. The van der Waals surface area contributed by atoms with Gasteiger partial charge in [-0.3, -0.25) is 4.79 Å². The standard InChI is InChI=1S/C21H16F3N5O2/c22-21(23,24)31-17-7-5-16(6-8-17)28-20(30)9-13-1-3-14(4-2-13)15-10-18(25)29-19(11-15)26-12-27-29/h1-8,10-12H,9,25H2,(H,28,30). The molecule has 2 aromatic heterocycles. The number of hydrogen-bond donors (Lipinski definition) is 2. The Morgan fingerprint density at radius 3 is 2.42 bits per heavy atom. The van der Waals surface area contributed by atoms with Crippen molar-refractivity contribution in [3.63, 3.8) is 0 Å². The van der Waals surface area contributed by atoms with E-state index in [1.54, 1.807) is 6.07 Å². The molecule has 31 heavy (non-hydrogen) atoms. The van der Waals surface area contributed by atoms with Crippen molar-refractivity contribution in [2.24, 2.45) is 0 Å². The van der Waals surface area contributed by atoms with E-state index in [2.05, 4.69) is 20.1 Å². The van der Waals surface area contributed by atoms with Crippen molar-refractivity contribution in [1.82, 2.24) is 14.6 Å². The number of carbonyl (C=O) groups excluding carboxylic acids is 1. The number of rotatable bonds is 5. The number of amides is 1. The Labute approximate surface area is 174 Å². The Morgan fingerprint density at radius 1 is 1.03 bits per heavy atom. The Kier molecular flexibility index (Phi) is 5.20. The smallest absolute Gasteiger partial charge is 0.406 e. The molecule has 1 amide bonds. The molecule has 0 bridgehead atoms. The third-order valence-corrected chi connectivity index (χ3v) is 4.43. The predicted molar refractivity (Wildman–Crippen MR) is 108 cm³/mol. The lowest BCUT2D eigenvalue weighted by atomic mass is 10.0.